The summed E-state index contributed by atoms with van der Waals surface area (Å²) >= 11 is 1.43. The normalized spacial score (nSPS) is 10.8. The lowest BCUT2D eigenvalue weighted by Crippen LogP contribution is -2.11. The third kappa shape index (κ3) is 3.17. The van der Waals surface area contributed by atoms with Crippen molar-refractivity contribution >= 4 is 38.7 Å². The molecular weight excluding hydrogens is 347 g/mol. The Labute approximate surface area is 153 Å². The lowest BCUT2D eigenvalue weighted by atomic mass is 10.0. The topological polar surface area (TPSA) is 55.1 Å². The third-order valence-electron chi connectivity index (χ3n) is 4.08. The van der Waals surface area contributed by atoms with E-state index in [1.807, 2.05) is 36.4 Å². The maximum atomic E-state index is 13.8. The molecule has 0 aliphatic carbocycles. The first kappa shape index (κ1) is 16.3. The molecule has 3 aromatic carbocycles. The van der Waals surface area contributed by atoms with Crippen molar-refractivity contribution in [1.82, 2.24) is 0 Å². The number of rotatable bonds is 3. The number of fused-ring (bicyclic) bond motifs is 1. The highest BCUT2D eigenvalue weighted by atomic mass is 32.1. The highest BCUT2D eigenvalue weighted by molar-refractivity contribution is 7.20. The van der Waals surface area contributed by atoms with E-state index in [4.69, 9.17) is 5.73 Å². The van der Waals surface area contributed by atoms with E-state index in [1.165, 1.54) is 23.5 Å². The zero-order chi connectivity index (χ0) is 18.1. The highest BCUT2D eigenvalue weighted by Gasteiger charge is 2.14. The van der Waals surface area contributed by atoms with Crippen LogP contribution in [0.25, 0.3) is 21.2 Å². The molecule has 1 amide bonds. The first-order chi connectivity index (χ1) is 12.6. The largest absolute Gasteiger partial charge is 0.399 e. The highest BCUT2D eigenvalue weighted by Crippen LogP contribution is 2.31. The SMILES string of the molecule is Nc1cccc(-c2cc(F)ccc2NC(=O)c2cc3ccccc3s2)c1. The molecule has 0 saturated carbocycles. The molecule has 4 rings (SSSR count). The quantitative estimate of drug-likeness (QED) is 0.470. The van der Waals surface area contributed by atoms with Gasteiger partial charge in [0.1, 0.15) is 5.82 Å². The summed E-state index contributed by atoms with van der Waals surface area (Å²) in [6.45, 7) is 0. The molecule has 0 spiro atoms. The molecule has 1 heterocycles. The second-order valence-corrected chi connectivity index (χ2v) is 7.00. The number of hydrogen-bond acceptors (Lipinski definition) is 3. The minimum atomic E-state index is -0.373. The van der Waals surface area contributed by atoms with E-state index in [-0.39, 0.29) is 11.7 Å². The minimum Gasteiger partial charge on any atom is -0.399 e. The first-order valence-corrected chi connectivity index (χ1v) is 8.87. The van der Waals surface area contributed by atoms with Crippen molar-refractivity contribution in [3.8, 4) is 11.1 Å². The third-order valence-corrected chi connectivity index (χ3v) is 5.19. The molecule has 128 valence electrons. The van der Waals surface area contributed by atoms with Crippen LogP contribution in [-0.2, 0) is 0 Å². The van der Waals surface area contributed by atoms with Crippen LogP contribution in [0.3, 0.4) is 0 Å². The number of hydrogen-bond donors (Lipinski definition) is 2. The van der Waals surface area contributed by atoms with E-state index in [9.17, 15) is 9.18 Å². The summed E-state index contributed by atoms with van der Waals surface area (Å²) in [5.74, 6) is -0.592. The van der Waals surface area contributed by atoms with Crippen molar-refractivity contribution < 1.29 is 9.18 Å². The number of carbonyl (C=O) groups is 1. The Morgan fingerprint density at radius 1 is 0.962 bits per heavy atom. The van der Waals surface area contributed by atoms with Crippen molar-refractivity contribution in [2.45, 2.75) is 0 Å². The minimum absolute atomic E-state index is 0.219. The molecular formula is C21H15FN2OS. The fourth-order valence-electron chi connectivity index (χ4n) is 2.85. The molecule has 4 aromatic rings. The molecule has 0 radical (unpaired) electrons. The molecule has 0 atom stereocenters. The summed E-state index contributed by atoms with van der Waals surface area (Å²) in [7, 11) is 0. The van der Waals surface area contributed by atoms with Gasteiger partial charge < -0.3 is 11.1 Å². The van der Waals surface area contributed by atoms with Gasteiger partial charge in [-0.1, -0.05) is 30.3 Å². The van der Waals surface area contributed by atoms with Gasteiger partial charge in [0, 0.05) is 21.6 Å². The average Bonchev–Trinajstić information content (AvgIpc) is 3.07. The van der Waals surface area contributed by atoms with Gasteiger partial charge in [0.25, 0.3) is 5.91 Å². The van der Waals surface area contributed by atoms with Crippen LogP contribution < -0.4 is 11.1 Å². The number of benzene rings is 3. The van der Waals surface area contributed by atoms with Crippen molar-refractivity contribution in [2.75, 3.05) is 11.1 Å². The van der Waals surface area contributed by atoms with Crippen LogP contribution in [-0.4, -0.2) is 5.91 Å². The van der Waals surface area contributed by atoms with Gasteiger partial charge in [-0.15, -0.1) is 11.3 Å². The number of anilines is 2. The van der Waals surface area contributed by atoms with Gasteiger partial charge >= 0.3 is 0 Å². The van der Waals surface area contributed by atoms with Gasteiger partial charge in [-0.05, 0) is 53.4 Å². The second kappa shape index (κ2) is 6.61. The summed E-state index contributed by atoms with van der Waals surface area (Å²) in [5.41, 5.74) is 8.29. The Balaban J connectivity index is 1.70. The maximum Gasteiger partial charge on any atom is 0.265 e. The molecule has 0 saturated heterocycles. The summed E-state index contributed by atoms with van der Waals surface area (Å²) in [5, 5.41) is 3.92. The second-order valence-electron chi connectivity index (χ2n) is 5.92. The summed E-state index contributed by atoms with van der Waals surface area (Å²) < 4.78 is 14.8. The average molecular weight is 362 g/mol. The first-order valence-electron chi connectivity index (χ1n) is 8.05. The predicted molar refractivity (Wildman–Crippen MR) is 106 cm³/mol. The van der Waals surface area contributed by atoms with E-state index in [2.05, 4.69) is 5.32 Å². The van der Waals surface area contributed by atoms with Gasteiger partial charge in [-0.2, -0.15) is 0 Å². The number of nitrogens with two attached hydrogens (primary N) is 1. The van der Waals surface area contributed by atoms with Gasteiger partial charge in [-0.25, -0.2) is 4.39 Å². The number of thiophene rings is 1. The molecule has 0 bridgehead atoms. The van der Waals surface area contributed by atoms with Crippen molar-refractivity contribution in [2.24, 2.45) is 0 Å². The molecule has 3 nitrogen and oxygen atoms in total. The van der Waals surface area contributed by atoms with Crippen molar-refractivity contribution in [3.63, 3.8) is 0 Å². The van der Waals surface area contributed by atoms with Gasteiger partial charge in [0.2, 0.25) is 0 Å². The number of carbonyl (C=O) groups excluding carboxylic acids is 1. The van der Waals surface area contributed by atoms with Crippen LogP contribution in [0.1, 0.15) is 9.67 Å². The van der Waals surface area contributed by atoms with Crippen molar-refractivity contribution in [3.05, 3.63) is 83.5 Å². The van der Waals surface area contributed by atoms with E-state index in [1.54, 1.807) is 24.3 Å². The molecule has 0 aliphatic rings. The molecule has 5 heteroatoms. The zero-order valence-electron chi connectivity index (χ0n) is 13.7. The molecule has 0 aliphatic heterocycles. The summed E-state index contributed by atoms with van der Waals surface area (Å²) in [4.78, 5) is 13.3. The smallest absolute Gasteiger partial charge is 0.265 e. The van der Waals surface area contributed by atoms with Crippen LogP contribution >= 0.6 is 11.3 Å². The lowest BCUT2D eigenvalue weighted by Gasteiger charge is -2.11. The molecule has 1 aromatic heterocycles. The van der Waals surface area contributed by atoms with Gasteiger partial charge in [0.05, 0.1) is 4.88 Å². The Hall–Kier alpha value is -3.18. The van der Waals surface area contributed by atoms with E-state index >= 15 is 0 Å². The fourth-order valence-corrected chi connectivity index (χ4v) is 3.81. The number of nitrogen functional groups attached to an aromatic ring is 1. The monoisotopic (exact) mass is 362 g/mol. The Bertz CT molecular complexity index is 1090. The van der Waals surface area contributed by atoms with Gasteiger partial charge in [0.15, 0.2) is 0 Å². The number of halogens is 1. The standard InChI is InChI=1S/C21H15FN2OS/c22-15-8-9-18(17(12-15)13-5-3-6-16(23)10-13)24-21(25)20-11-14-4-1-2-7-19(14)26-20/h1-12H,23H2,(H,24,25). The van der Waals surface area contributed by atoms with Gasteiger partial charge in [-0.3, -0.25) is 4.79 Å². The predicted octanol–water partition coefficient (Wildman–Crippen LogP) is 5.54. The molecule has 26 heavy (non-hydrogen) atoms. The number of nitrogens with one attached hydrogen (secondary N) is 1. The molecule has 3 N–H and O–H groups in total. The fraction of sp³-hybridized carbons (Fsp3) is 0. The molecule has 0 unspecified atom stereocenters. The summed E-state index contributed by atoms with van der Waals surface area (Å²) in [6.07, 6.45) is 0. The van der Waals surface area contributed by atoms with Crippen LogP contribution in [0.4, 0.5) is 15.8 Å². The van der Waals surface area contributed by atoms with E-state index in [0.29, 0.717) is 21.8 Å². The number of amides is 1. The zero-order valence-corrected chi connectivity index (χ0v) is 14.5. The van der Waals surface area contributed by atoms with Crippen LogP contribution in [0.5, 0.6) is 0 Å². The van der Waals surface area contributed by atoms with Crippen LogP contribution in [0.15, 0.2) is 72.8 Å². The van der Waals surface area contributed by atoms with Crippen molar-refractivity contribution in [1.29, 1.82) is 0 Å². The Kier molecular flexibility index (Phi) is 4.14. The molecule has 0 fully saturated rings. The Morgan fingerprint density at radius 2 is 1.81 bits per heavy atom. The van der Waals surface area contributed by atoms with Crippen LogP contribution in [0, 0.1) is 5.82 Å². The van der Waals surface area contributed by atoms with E-state index in [0.717, 1.165) is 15.6 Å². The van der Waals surface area contributed by atoms with E-state index < -0.39 is 0 Å². The summed E-state index contributed by atoms with van der Waals surface area (Å²) in [6, 6.07) is 21.1. The maximum absolute atomic E-state index is 13.8. The van der Waals surface area contributed by atoms with Crippen LogP contribution in [0.2, 0.25) is 0 Å². The Morgan fingerprint density at radius 3 is 2.62 bits per heavy atom. The lowest BCUT2D eigenvalue weighted by molar-refractivity contribution is 0.103.